The van der Waals surface area contributed by atoms with E-state index in [9.17, 15) is 0 Å². The van der Waals surface area contributed by atoms with Gasteiger partial charge in [-0.25, -0.2) is 0 Å². The average molecular weight is 75.1 g/mol. The molecule has 1 nitrogen and oxygen atoms in total. The van der Waals surface area contributed by atoms with E-state index in [1.54, 1.807) is 0 Å². The summed E-state index contributed by atoms with van der Waals surface area (Å²) in [6.45, 7) is 6.06. The lowest BCUT2D eigenvalue weighted by molar-refractivity contribution is 2.25. The topological polar surface area (TPSA) is 4.36 Å². The van der Waals surface area contributed by atoms with Crippen molar-refractivity contribution in [2.45, 2.75) is 0 Å². The number of hydrogen-bond donors (Lipinski definition) is 0. The molecule has 0 aliphatic heterocycles. The molecule has 0 spiro atoms. The van der Waals surface area contributed by atoms with Crippen LogP contribution in [0.15, 0.2) is 0 Å². The molecule has 0 unspecified atom stereocenters. The molecule has 0 aromatic heterocycles. The second-order valence-corrected chi connectivity index (χ2v) is 0.493. The van der Waals surface area contributed by atoms with Crippen LogP contribution >= 0.6 is 0 Å². The van der Waals surface area contributed by atoms with Crippen molar-refractivity contribution in [1.82, 2.24) is 0 Å². The quantitative estimate of drug-likeness (QED) is 0.292. The Kier molecular flexibility index (Phi) is 2.77. The van der Waals surface area contributed by atoms with Gasteiger partial charge in [0.25, 0.3) is 0 Å². The first-order valence-electron chi connectivity index (χ1n) is 1.24. The van der Waals surface area contributed by atoms with E-state index in [4.69, 9.17) is 6.57 Å². The summed E-state index contributed by atoms with van der Waals surface area (Å²) in [5, 5.41) is 0. The first-order valence-corrected chi connectivity index (χ1v) is 1.24. The van der Waals surface area contributed by atoms with Crippen molar-refractivity contribution < 1.29 is 0 Å². The molecule has 0 atom stereocenters. The molecule has 0 radical (unpaired) electrons. The van der Waals surface area contributed by atoms with Gasteiger partial charge in [-0.15, -0.1) is 6.42 Å². The molecule has 0 amide bonds. The summed E-state index contributed by atoms with van der Waals surface area (Å²) in [5.41, 5.74) is 0. The zero-order chi connectivity index (χ0) is 4.83. The van der Waals surface area contributed by atoms with E-state index < -0.39 is 0 Å². The van der Waals surface area contributed by atoms with Crippen molar-refractivity contribution in [2.24, 2.45) is 0 Å². The molecule has 0 saturated carbocycles. The normalized spacial score (nSPS) is 3.00. The minimum atomic E-state index is 1.99. The van der Waals surface area contributed by atoms with Gasteiger partial charge in [0, 0.05) is 0 Å². The Balaban J connectivity index is 3.60. The van der Waals surface area contributed by atoms with Gasteiger partial charge < -0.3 is 0 Å². The molecular formula is C5HN. The Labute approximate surface area is 36.8 Å². The molecule has 0 heterocycles. The molecule has 0 rings (SSSR count). The van der Waals surface area contributed by atoms with Crippen LogP contribution < -0.4 is 0 Å². The lowest BCUT2D eigenvalue weighted by Gasteiger charge is -1.44. The summed E-state index contributed by atoms with van der Waals surface area (Å²) in [4.78, 5) is 2.67. The Morgan fingerprint density at radius 2 is 2.33 bits per heavy atom. The Morgan fingerprint density at radius 1 is 1.67 bits per heavy atom. The van der Waals surface area contributed by atoms with Gasteiger partial charge in [0.1, 0.15) is 12.6 Å². The van der Waals surface area contributed by atoms with Crippen LogP contribution in [-0.4, -0.2) is 0 Å². The van der Waals surface area contributed by atoms with E-state index >= 15 is 0 Å². The second kappa shape index (κ2) is 3.61. The van der Waals surface area contributed by atoms with Gasteiger partial charge in [-0.1, -0.05) is 0 Å². The molecule has 0 aromatic carbocycles. The smallest absolute Gasteiger partial charge is 0.146 e. The molecule has 1 heteroatoms. The zero-order valence-corrected chi connectivity index (χ0v) is 3.02. The molecule has 0 bridgehead atoms. The van der Waals surface area contributed by atoms with E-state index in [0.717, 1.165) is 0 Å². The van der Waals surface area contributed by atoms with Crippen LogP contribution in [0.1, 0.15) is 0 Å². The van der Waals surface area contributed by atoms with Crippen LogP contribution in [0.3, 0.4) is 0 Å². The predicted molar refractivity (Wildman–Crippen MR) is 23.2 cm³/mol. The fraction of sp³-hybridized carbons (Fsp3) is 0. The van der Waals surface area contributed by atoms with Gasteiger partial charge in [-0.3, -0.25) is 0 Å². The lowest BCUT2D eigenvalue weighted by Crippen LogP contribution is -1.37. The van der Waals surface area contributed by atoms with Crippen LogP contribution in [-0.2, 0) is 0 Å². The molecule has 0 saturated heterocycles. The number of terminal acetylenes is 1. The zero-order valence-electron chi connectivity index (χ0n) is 3.02. The van der Waals surface area contributed by atoms with Crippen LogP contribution in [0.4, 0.5) is 0 Å². The fourth-order valence-corrected chi connectivity index (χ4v) is 0.0602. The van der Waals surface area contributed by atoms with Crippen LogP contribution in [0.5, 0.6) is 0 Å². The van der Waals surface area contributed by atoms with E-state index in [2.05, 4.69) is 17.2 Å². The SMILES string of the molecule is [C-]#[N+]C#CC#C. The van der Waals surface area contributed by atoms with Crippen molar-refractivity contribution >= 4 is 0 Å². The van der Waals surface area contributed by atoms with Crippen molar-refractivity contribution in [1.29, 1.82) is 0 Å². The highest BCUT2D eigenvalue weighted by Gasteiger charge is 1.41. The van der Waals surface area contributed by atoms with E-state index in [1.165, 1.54) is 0 Å². The van der Waals surface area contributed by atoms with Gasteiger partial charge in [-0.05, 0) is 11.8 Å². The summed E-state index contributed by atoms with van der Waals surface area (Å²) < 4.78 is 0. The van der Waals surface area contributed by atoms with Gasteiger partial charge in [0.15, 0.2) is 0 Å². The fourth-order valence-electron chi connectivity index (χ4n) is 0.0602. The molecule has 0 fully saturated rings. The third-order valence-corrected chi connectivity index (χ3v) is 0.184. The number of nitrogens with zero attached hydrogens (tertiary/aromatic N) is 1. The maximum atomic E-state index is 6.06. The minimum Gasteiger partial charge on any atom is -0.193 e. The van der Waals surface area contributed by atoms with Crippen molar-refractivity contribution in [3.8, 4) is 24.3 Å². The summed E-state index contributed by atoms with van der Waals surface area (Å²) in [6, 6.07) is 2.00. The van der Waals surface area contributed by atoms with Gasteiger partial charge in [-0.2, -0.15) is 4.85 Å². The molecule has 0 aliphatic rings. The van der Waals surface area contributed by atoms with E-state index in [0.29, 0.717) is 0 Å². The van der Waals surface area contributed by atoms with E-state index in [1.807, 2.05) is 12.0 Å². The monoisotopic (exact) mass is 75.0 g/mol. The number of rotatable bonds is 0. The summed E-state index contributed by atoms with van der Waals surface area (Å²) in [6.07, 6.45) is 4.65. The molecule has 0 aliphatic carbocycles. The minimum absolute atomic E-state index is 1.99. The molecule has 0 aromatic rings. The van der Waals surface area contributed by atoms with E-state index in [-0.39, 0.29) is 0 Å². The molecular weight excluding hydrogens is 74.1 g/mol. The summed E-state index contributed by atoms with van der Waals surface area (Å²) in [5.74, 6) is 4.12. The highest BCUT2D eigenvalue weighted by Crippen LogP contribution is 1.50. The Bertz CT molecular complexity index is 137. The van der Waals surface area contributed by atoms with Crippen molar-refractivity contribution in [2.75, 3.05) is 0 Å². The third kappa shape index (κ3) is 2.61. The van der Waals surface area contributed by atoms with Gasteiger partial charge in [0.05, 0.1) is 0 Å². The van der Waals surface area contributed by atoms with Crippen molar-refractivity contribution in [3.63, 3.8) is 0 Å². The first kappa shape index (κ1) is 4.61. The Hall–Kier alpha value is -1.39. The molecule has 6 heavy (non-hydrogen) atoms. The molecule has 0 N–H and O–H groups in total. The first-order chi connectivity index (χ1) is 2.91. The highest BCUT2D eigenvalue weighted by molar-refractivity contribution is 5.24. The average Bonchev–Trinajstić information content (AvgIpc) is 1.61. The Morgan fingerprint density at radius 3 is 2.50 bits per heavy atom. The number of hydrogen-bond acceptors (Lipinski definition) is 0. The summed E-state index contributed by atoms with van der Waals surface area (Å²) in [7, 11) is 0. The van der Waals surface area contributed by atoms with Crippen molar-refractivity contribution in [3.05, 3.63) is 11.4 Å². The largest absolute Gasteiger partial charge is 0.193 e. The second-order valence-electron chi connectivity index (χ2n) is 0.493. The third-order valence-electron chi connectivity index (χ3n) is 0.184. The lowest BCUT2D eigenvalue weighted by atomic mass is 10.7. The van der Waals surface area contributed by atoms with Crippen LogP contribution in [0.25, 0.3) is 4.85 Å². The maximum absolute atomic E-state index is 6.06. The standard InChI is InChI=1S/C5HN/c1-3-4-5-6-2/h1H. The highest BCUT2D eigenvalue weighted by atomic mass is 14.6. The maximum Gasteiger partial charge on any atom is 0.146 e. The predicted octanol–water partition coefficient (Wildman–Crippen LogP) is 0.500. The molecule has 26 valence electrons. The van der Waals surface area contributed by atoms with Crippen LogP contribution in [0, 0.1) is 30.9 Å². The summed E-state index contributed by atoms with van der Waals surface area (Å²) >= 11 is 0. The van der Waals surface area contributed by atoms with Gasteiger partial charge in [0.2, 0.25) is 0 Å². The van der Waals surface area contributed by atoms with Gasteiger partial charge >= 0.3 is 0 Å². The van der Waals surface area contributed by atoms with Crippen LogP contribution in [0.2, 0.25) is 0 Å².